The molecule has 1 saturated carbocycles. The Morgan fingerprint density at radius 2 is 1.88 bits per heavy atom. The molecule has 1 aromatic carbocycles. The number of piperidine rings is 2. The van der Waals surface area contributed by atoms with Crippen molar-refractivity contribution in [2.24, 2.45) is 11.8 Å². The van der Waals surface area contributed by atoms with E-state index in [0.29, 0.717) is 17.8 Å². The number of alkyl halides is 3. The first-order chi connectivity index (χ1) is 16.2. The Morgan fingerprint density at radius 3 is 2.53 bits per heavy atom. The second-order valence-electron chi connectivity index (χ2n) is 8.67. The lowest BCUT2D eigenvalue weighted by atomic mass is 9.64. The molecule has 1 N–H and O–H groups in total. The van der Waals surface area contributed by atoms with Crippen molar-refractivity contribution in [2.75, 3.05) is 11.9 Å². The molecule has 0 spiro atoms. The number of halogens is 4. The van der Waals surface area contributed by atoms with E-state index in [-0.39, 0.29) is 41.8 Å². The van der Waals surface area contributed by atoms with Gasteiger partial charge in [0, 0.05) is 12.6 Å². The van der Waals surface area contributed by atoms with Crippen LogP contribution in [0.4, 0.5) is 23.4 Å². The molecule has 2 aliphatic heterocycles. The maximum absolute atomic E-state index is 14.2. The number of carbonyl (C=O) groups excluding carboxylic acids is 1. The van der Waals surface area contributed by atoms with Gasteiger partial charge < -0.3 is 10.2 Å². The van der Waals surface area contributed by atoms with E-state index in [1.807, 2.05) is 6.92 Å². The molecule has 3 aliphatic rings. The predicted molar refractivity (Wildman–Crippen MR) is 112 cm³/mol. The smallest absolute Gasteiger partial charge is 0.367 e. The summed E-state index contributed by atoms with van der Waals surface area (Å²) in [5.41, 5.74) is -0.563. The number of hydrogen-bond acceptors (Lipinski definition) is 6. The zero-order valence-electron chi connectivity index (χ0n) is 18.1. The van der Waals surface area contributed by atoms with Gasteiger partial charge in [-0.1, -0.05) is 6.92 Å². The van der Waals surface area contributed by atoms with Gasteiger partial charge in [-0.05, 0) is 42.9 Å². The van der Waals surface area contributed by atoms with Crippen molar-refractivity contribution in [1.29, 1.82) is 0 Å². The van der Waals surface area contributed by atoms with Crippen molar-refractivity contribution in [3.63, 3.8) is 0 Å². The highest BCUT2D eigenvalue weighted by Crippen LogP contribution is 2.47. The normalized spacial score (nSPS) is 24.0. The van der Waals surface area contributed by atoms with E-state index in [2.05, 4.69) is 25.5 Å². The van der Waals surface area contributed by atoms with Crippen LogP contribution in [0.15, 0.2) is 43.0 Å². The van der Waals surface area contributed by atoms with Gasteiger partial charge in [0.15, 0.2) is 5.69 Å². The molecular formula is C22H21F4N7O. The Balaban J connectivity index is 1.40. The number of anilines is 1. The summed E-state index contributed by atoms with van der Waals surface area (Å²) in [4.78, 5) is 24.0. The highest BCUT2D eigenvalue weighted by molar-refractivity contribution is 5.98. The van der Waals surface area contributed by atoms with Crippen LogP contribution < -0.4 is 5.32 Å². The minimum Gasteiger partial charge on any atom is -0.367 e. The van der Waals surface area contributed by atoms with Crippen molar-refractivity contribution in [2.45, 2.75) is 38.0 Å². The number of nitrogens with one attached hydrogen (secondary N) is 1. The minimum absolute atomic E-state index is 0.000822. The fourth-order valence-corrected chi connectivity index (χ4v) is 4.83. The zero-order chi connectivity index (χ0) is 24.0. The van der Waals surface area contributed by atoms with E-state index in [9.17, 15) is 22.4 Å². The summed E-state index contributed by atoms with van der Waals surface area (Å²) >= 11 is 0. The maximum Gasteiger partial charge on any atom is 0.434 e. The van der Waals surface area contributed by atoms with Crippen molar-refractivity contribution in [3.05, 3.63) is 60.1 Å². The third-order valence-electron chi connectivity index (χ3n) is 6.74. The van der Waals surface area contributed by atoms with Crippen LogP contribution in [-0.2, 0) is 6.18 Å². The number of nitrogens with zero attached hydrogens (tertiary/aromatic N) is 6. The quantitative estimate of drug-likeness (QED) is 0.568. The molecule has 8 nitrogen and oxygen atoms in total. The standard InChI is InChI=1S/C22H21F4N7O/c1-12-13-6-15(7-13)32(18(12)9-28-20-11-27-19(10-29-20)22(24,25)26)21(34)16-8-14(23)2-3-17(16)33-30-4-5-31-33/h2-5,8,10-13,15,18H,6-7,9H2,1H3,(H,28,29)/t12?,13?,15?,18-/m1/s1. The highest BCUT2D eigenvalue weighted by Gasteiger charge is 2.50. The second kappa shape index (κ2) is 8.33. The molecule has 6 rings (SSSR count). The SMILES string of the molecule is CC1C2CC(C2)N(C(=O)c2cc(F)ccc2-n2nccn2)[C@@H]1CNc1cnc(C(F)(F)F)cn1. The number of benzene rings is 1. The molecule has 1 unspecified atom stereocenters. The molecule has 2 saturated heterocycles. The van der Waals surface area contributed by atoms with Crippen LogP contribution in [0, 0.1) is 17.7 Å². The third kappa shape index (κ3) is 3.97. The van der Waals surface area contributed by atoms with Crippen LogP contribution in [-0.4, -0.2) is 54.4 Å². The van der Waals surface area contributed by atoms with Crippen molar-refractivity contribution in [1.82, 2.24) is 29.9 Å². The van der Waals surface area contributed by atoms with E-state index >= 15 is 0 Å². The number of carbonyl (C=O) groups is 1. The first kappa shape index (κ1) is 22.2. The van der Waals surface area contributed by atoms with E-state index in [1.54, 1.807) is 4.90 Å². The summed E-state index contributed by atoms with van der Waals surface area (Å²) in [5.74, 6) is -0.139. The Bertz CT molecular complexity index is 1180. The molecule has 0 radical (unpaired) electrons. The number of fused-ring (bicyclic) bond motifs is 2. The van der Waals surface area contributed by atoms with Gasteiger partial charge in [-0.2, -0.15) is 28.2 Å². The lowest BCUT2D eigenvalue weighted by Gasteiger charge is -2.57. The molecule has 1 aliphatic carbocycles. The van der Waals surface area contributed by atoms with Gasteiger partial charge in [-0.25, -0.2) is 14.4 Å². The molecule has 3 fully saturated rings. The molecule has 1 amide bonds. The number of amides is 1. The van der Waals surface area contributed by atoms with Gasteiger partial charge in [-0.15, -0.1) is 0 Å². The fourth-order valence-electron chi connectivity index (χ4n) is 4.83. The van der Waals surface area contributed by atoms with Gasteiger partial charge in [0.25, 0.3) is 5.91 Å². The number of hydrogen-bond donors (Lipinski definition) is 1. The lowest BCUT2D eigenvalue weighted by molar-refractivity contribution is -0.141. The van der Waals surface area contributed by atoms with Crippen molar-refractivity contribution in [3.8, 4) is 5.69 Å². The Kier molecular flexibility index (Phi) is 5.45. The van der Waals surface area contributed by atoms with Gasteiger partial charge in [0.2, 0.25) is 0 Å². The average Bonchev–Trinajstić information content (AvgIpc) is 3.31. The molecule has 34 heavy (non-hydrogen) atoms. The summed E-state index contributed by atoms with van der Waals surface area (Å²) in [6.45, 7) is 2.32. The van der Waals surface area contributed by atoms with Crippen molar-refractivity contribution < 1.29 is 22.4 Å². The molecule has 178 valence electrons. The Hall–Kier alpha value is -3.57. The summed E-state index contributed by atoms with van der Waals surface area (Å²) in [7, 11) is 0. The highest BCUT2D eigenvalue weighted by atomic mass is 19.4. The van der Waals surface area contributed by atoms with E-state index in [4.69, 9.17) is 0 Å². The Labute approximate surface area is 192 Å². The molecule has 3 aromatic rings. The van der Waals surface area contributed by atoms with Crippen LogP contribution in [0.25, 0.3) is 5.69 Å². The molecule has 4 heterocycles. The molecule has 12 heteroatoms. The van der Waals surface area contributed by atoms with Gasteiger partial charge in [-0.3, -0.25) is 4.79 Å². The van der Waals surface area contributed by atoms with Crippen molar-refractivity contribution >= 4 is 11.7 Å². The van der Waals surface area contributed by atoms with Crippen LogP contribution in [0.2, 0.25) is 0 Å². The van der Waals surface area contributed by atoms with E-state index < -0.39 is 17.7 Å². The van der Waals surface area contributed by atoms with Crippen LogP contribution in [0.1, 0.15) is 35.8 Å². The van der Waals surface area contributed by atoms with Crippen LogP contribution in [0.3, 0.4) is 0 Å². The first-order valence-corrected chi connectivity index (χ1v) is 10.8. The monoisotopic (exact) mass is 475 g/mol. The summed E-state index contributed by atoms with van der Waals surface area (Å²) < 4.78 is 52.4. The molecule has 2 atom stereocenters. The zero-order valence-corrected chi connectivity index (χ0v) is 18.1. The predicted octanol–water partition coefficient (Wildman–Crippen LogP) is 3.57. The molecule has 2 bridgehead atoms. The summed E-state index contributed by atoms with van der Waals surface area (Å²) in [6.07, 6.45) is 1.77. The Morgan fingerprint density at radius 1 is 1.15 bits per heavy atom. The third-order valence-corrected chi connectivity index (χ3v) is 6.74. The first-order valence-electron chi connectivity index (χ1n) is 10.8. The minimum atomic E-state index is -4.57. The van der Waals surface area contributed by atoms with E-state index in [0.717, 1.165) is 19.0 Å². The van der Waals surface area contributed by atoms with Gasteiger partial charge in [0.1, 0.15) is 11.6 Å². The van der Waals surface area contributed by atoms with Gasteiger partial charge >= 0.3 is 6.18 Å². The molecule has 2 aromatic heterocycles. The van der Waals surface area contributed by atoms with Crippen LogP contribution >= 0.6 is 0 Å². The summed E-state index contributed by atoms with van der Waals surface area (Å²) in [5, 5.41) is 11.2. The average molecular weight is 475 g/mol. The maximum atomic E-state index is 14.2. The lowest BCUT2D eigenvalue weighted by Crippen LogP contribution is -2.64. The van der Waals surface area contributed by atoms with Gasteiger partial charge in [0.05, 0.1) is 42.1 Å². The van der Waals surface area contributed by atoms with E-state index in [1.165, 1.54) is 35.4 Å². The summed E-state index contributed by atoms with van der Waals surface area (Å²) in [6, 6.07) is 3.62. The number of aromatic nitrogens is 5. The second-order valence-corrected chi connectivity index (χ2v) is 8.67. The topological polar surface area (TPSA) is 88.8 Å². The molecular weight excluding hydrogens is 454 g/mol. The largest absolute Gasteiger partial charge is 0.434 e. The number of rotatable bonds is 5. The fraction of sp³-hybridized carbons (Fsp3) is 0.409. The van der Waals surface area contributed by atoms with Crippen LogP contribution in [0.5, 0.6) is 0 Å².